The summed E-state index contributed by atoms with van der Waals surface area (Å²) >= 11 is 0. The normalized spacial score (nSPS) is 33.2. The summed E-state index contributed by atoms with van der Waals surface area (Å²) in [5.74, 6) is -0.824. The summed E-state index contributed by atoms with van der Waals surface area (Å²) < 4.78 is 12.1. The Hall–Kier alpha value is -2.34. The second kappa shape index (κ2) is 16.0. The van der Waals surface area contributed by atoms with Gasteiger partial charge >= 0.3 is 11.9 Å². The maximum absolute atomic E-state index is 14.2. The van der Waals surface area contributed by atoms with E-state index in [1.165, 1.54) is 0 Å². The van der Waals surface area contributed by atoms with Crippen LogP contribution >= 0.6 is 0 Å². The number of unbranched alkanes of at least 4 members (excludes halogenated alkanes) is 1. The Morgan fingerprint density at radius 2 is 1.93 bits per heavy atom. The van der Waals surface area contributed by atoms with Crippen LogP contribution in [-0.4, -0.2) is 80.2 Å². The smallest absolute Gasteiger partial charge is 0.350 e. The molecule has 11 heteroatoms. The van der Waals surface area contributed by atoms with E-state index < -0.39 is 23.1 Å². The number of rotatable bonds is 16. The number of Topliss-reactive ketones (excluding diaryl/α,β-unsaturated/α-hetero) is 2. The van der Waals surface area contributed by atoms with E-state index in [4.69, 9.17) is 20.9 Å². The number of piperidine rings is 1. The van der Waals surface area contributed by atoms with Crippen molar-refractivity contribution in [3.63, 3.8) is 0 Å². The Balaban J connectivity index is 1.53. The van der Waals surface area contributed by atoms with Gasteiger partial charge in [0.2, 0.25) is 0 Å². The highest BCUT2D eigenvalue weighted by atomic mass is 16.7. The molecule has 2 heterocycles. The largest absolute Gasteiger partial charge is 0.463 e. The first-order valence-electron chi connectivity index (χ1n) is 17.7. The first-order valence-corrected chi connectivity index (χ1v) is 17.7. The molecule has 45 heavy (non-hydrogen) atoms. The van der Waals surface area contributed by atoms with Gasteiger partial charge in [0.05, 0.1) is 39.3 Å². The number of guanidine groups is 1. The van der Waals surface area contributed by atoms with Crippen molar-refractivity contribution in [2.24, 2.45) is 35.1 Å². The van der Waals surface area contributed by atoms with Crippen LogP contribution < -0.4 is 32.4 Å². The Morgan fingerprint density at radius 3 is 2.60 bits per heavy atom. The Kier molecular flexibility index (Phi) is 12.6. The first kappa shape index (κ1) is 35.5. The minimum Gasteiger partial charge on any atom is -0.463 e. The second-order valence-corrected chi connectivity index (χ2v) is 14.1. The van der Waals surface area contributed by atoms with Crippen LogP contribution in [-0.2, 0) is 23.9 Å². The number of hydrogen-bond donors (Lipinski definition) is 6. The van der Waals surface area contributed by atoms with Crippen LogP contribution in [0.4, 0.5) is 0 Å². The minimum atomic E-state index is -1.82. The molecule has 4 aliphatic rings. The van der Waals surface area contributed by atoms with E-state index in [9.17, 15) is 14.4 Å². The molecule has 4 rings (SSSR count). The van der Waals surface area contributed by atoms with Gasteiger partial charge < -0.3 is 20.1 Å². The van der Waals surface area contributed by atoms with E-state index in [-0.39, 0.29) is 48.6 Å². The van der Waals surface area contributed by atoms with Crippen LogP contribution in [0.25, 0.3) is 0 Å². The zero-order chi connectivity index (χ0) is 32.6. The molecule has 0 amide bonds. The average Bonchev–Trinajstić information content (AvgIpc) is 3.75. The fraction of sp³-hybridized carbons (Fsp3) is 0.824. The van der Waals surface area contributed by atoms with Crippen LogP contribution in [0.15, 0.2) is 11.6 Å². The van der Waals surface area contributed by atoms with E-state index in [1.54, 1.807) is 7.05 Å². The topological polar surface area (TPSA) is 184 Å². The van der Waals surface area contributed by atoms with Gasteiger partial charge in [-0.3, -0.25) is 31.4 Å². The summed E-state index contributed by atoms with van der Waals surface area (Å²) in [6.07, 6.45) is 12.1. The Morgan fingerprint density at radius 1 is 1.20 bits per heavy atom. The van der Waals surface area contributed by atoms with Crippen molar-refractivity contribution in [1.82, 2.24) is 5.32 Å². The molecule has 8 atom stereocenters. The molecule has 0 aromatic heterocycles. The predicted molar refractivity (Wildman–Crippen MR) is 171 cm³/mol. The predicted octanol–water partition coefficient (Wildman–Crippen LogP) is -1.26. The molecular weight excluding hydrogens is 572 g/mol. The van der Waals surface area contributed by atoms with E-state index >= 15 is 0 Å². The van der Waals surface area contributed by atoms with Crippen molar-refractivity contribution in [3.05, 3.63) is 11.6 Å². The molecule has 254 valence electrons. The monoisotopic (exact) mass is 633 g/mol. The van der Waals surface area contributed by atoms with Crippen molar-refractivity contribution in [2.45, 2.75) is 121 Å². The lowest BCUT2D eigenvalue weighted by molar-refractivity contribution is -0.699. The maximum Gasteiger partial charge on any atom is 0.350 e. The molecule has 0 aromatic carbocycles. The highest BCUT2D eigenvalue weighted by molar-refractivity contribution is 6.23. The molecule has 0 spiro atoms. The van der Waals surface area contributed by atoms with Gasteiger partial charge in [0, 0.05) is 49.4 Å². The van der Waals surface area contributed by atoms with Crippen LogP contribution in [0.2, 0.25) is 0 Å². The van der Waals surface area contributed by atoms with Crippen LogP contribution in [0.3, 0.4) is 0 Å². The zero-order valence-electron chi connectivity index (χ0n) is 28.2. The molecule has 8 unspecified atom stereocenters. The SMILES string of the molecule is CCCCC(C[NH2+]CCC)COC(=O)C12OC1(CC=C(C)CC(NC(N)=[NH+]C)C1CC[NH2+]C(N)C1)C(=O)C1CCCCC1C2=O. The van der Waals surface area contributed by atoms with Crippen molar-refractivity contribution in [3.8, 4) is 0 Å². The summed E-state index contributed by atoms with van der Waals surface area (Å²) in [7, 11) is 1.78. The number of esters is 1. The highest BCUT2D eigenvalue weighted by Crippen LogP contribution is 2.61. The molecule has 0 radical (unpaired) electrons. The lowest BCUT2D eigenvalue weighted by Gasteiger charge is -2.36. The van der Waals surface area contributed by atoms with Gasteiger partial charge in [-0.1, -0.05) is 51.2 Å². The number of epoxide rings is 1. The van der Waals surface area contributed by atoms with E-state index in [0.29, 0.717) is 31.1 Å². The number of ketones is 2. The minimum absolute atomic E-state index is 0.0526. The third-order valence-electron chi connectivity index (χ3n) is 10.8. The number of hydrogen-bond acceptors (Lipinski definition) is 6. The van der Waals surface area contributed by atoms with Gasteiger partial charge in [0.1, 0.15) is 6.17 Å². The molecule has 2 saturated heterocycles. The molecular formula is C34H61N6O5+3. The highest BCUT2D eigenvalue weighted by Gasteiger charge is 2.86. The number of carbonyl (C=O) groups excluding carboxylic acids is 3. The van der Waals surface area contributed by atoms with Gasteiger partial charge in [-0.05, 0) is 32.6 Å². The zero-order valence-corrected chi connectivity index (χ0v) is 28.2. The number of ether oxygens (including phenoxy) is 2. The van der Waals surface area contributed by atoms with Crippen molar-refractivity contribution < 1.29 is 39.5 Å². The molecule has 4 fully saturated rings. The molecule has 0 aromatic rings. The van der Waals surface area contributed by atoms with Crippen molar-refractivity contribution in [1.29, 1.82) is 0 Å². The van der Waals surface area contributed by atoms with Gasteiger partial charge in [0.15, 0.2) is 17.2 Å². The third kappa shape index (κ3) is 7.80. The average molecular weight is 634 g/mol. The van der Waals surface area contributed by atoms with Crippen molar-refractivity contribution in [2.75, 3.05) is 33.3 Å². The molecule has 10 N–H and O–H groups in total. The molecule has 0 bridgehead atoms. The number of nitrogens with one attached hydrogen (secondary N) is 2. The number of quaternary nitrogens is 2. The number of carbonyl (C=O) groups is 3. The third-order valence-corrected chi connectivity index (χ3v) is 10.8. The molecule has 11 nitrogen and oxygen atoms in total. The van der Waals surface area contributed by atoms with Gasteiger partial charge in [-0.2, -0.15) is 0 Å². The summed E-state index contributed by atoms with van der Waals surface area (Å²) in [4.78, 5) is 45.2. The lowest BCUT2D eigenvalue weighted by atomic mass is 9.61. The maximum atomic E-state index is 14.2. The summed E-state index contributed by atoms with van der Waals surface area (Å²) in [6.45, 7) is 9.43. The molecule has 2 aliphatic carbocycles. The lowest BCUT2D eigenvalue weighted by Crippen LogP contribution is -2.95. The second-order valence-electron chi connectivity index (χ2n) is 14.1. The molecule has 2 aliphatic heterocycles. The van der Waals surface area contributed by atoms with E-state index in [0.717, 1.165) is 76.6 Å². The standard InChI is InChI=1S/C34H58N6O5/c1-5-7-10-23(20-38-16-6-2)21-44-31(43)34-30(42)26-12-9-8-11-25(26)29(41)33(34,45-34)15-13-22(3)18-27(40-32(36)37-4)24-14-17-39-28(35)19-24/h13,23-28,38-39H,5-12,14-21,35H2,1-4H3,(H3,36,37,40)/p+3. The molecule has 2 saturated carbocycles. The first-order chi connectivity index (χ1) is 21.6. The van der Waals surface area contributed by atoms with Gasteiger partial charge in [0.25, 0.3) is 5.60 Å². The van der Waals surface area contributed by atoms with Gasteiger partial charge in [-0.15, -0.1) is 0 Å². The number of nitrogens with two attached hydrogens (primary N) is 4. The quantitative estimate of drug-likeness (QED) is 0.0232. The Bertz CT molecular complexity index is 1110. The van der Waals surface area contributed by atoms with Crippen molar-refractivity contribution >= 4 is 23.5 Å². The van der Waals surface area contributed by atoms with Crippen LogP contribution in [0.5, 0.6) is 0 Å². The summed E-state index contributed by atoms with van der Waals surface area (Å²) in [6, 6.07) is 0.0526. The Labute approximate surface area is 269 Å². The van der Waals surface area contributed by atoms with E-state index in [1.807, 2.05) is 13.0 Å². The summed E-state index contributed by atoms with van der Waals surface area (Å²) in [5.41, 5.74) is 10.2. The van der Waals surface area contributed by atoms with E-state index in [2.05, 4.69) is 34.8 Å². The van der Waals surface area contributed by atoms with Gasteiger partial charge in [-0.25, -0.2) is 4.79 Å². The fourth-order valence-corrected chi connectivity index (χ4v) is 8.05. The fourth-order valence-electron chi connectivity index (χ4n) is 8.05. The van der Waals surface area contributed by atoms with Crippen LogP contribution in [0, 0.1) is 23.7 Å². The number of fused-ring (bicyclic) bond motifs is 2. The van der Waals surface area contributed by atoms with Crippen LogP contribution in [0.1, 0.15) is 97.8 Å². The summed E-state index contributed by atoms with van der Waals surface area (Å²) in [5, 5.41) is 7.87.